The topological polar surface area (TPSA) is 29.5 Å². The summed E-state index contributed by atoms with van der Waals surface area (Å²) < 4.78 is 5.76. The van der Waals surface area contributed by atoms with Gasteiger partial charge in [-0.2, -0.15) is 0 Å². The quantitative estimate of drug-likeness (QED) is 0.552. The molecule has 1 aliphatic carbocycles. The average molecular weight is 270 g/mol. The Morgan fingerprint density at radius 3 is 2.32 bits per heavy atom. The zero-order chi connectivity index (χ0) is 13.8. The molecule has 0 aromatic heterocycles. The molecule has 1 fully saturated rings. The largest absolute Gasteiger partial charge is 0.393 e. The van der Waals surface area contributed by atoms with Gasteiger partial charge in [0.1, 0.15) is 0 Å². The molecule has 1 aliphatic rings. The minimum absolute atomic E-state index is 0.0644. The molecule has 1 rings (SSSR count). The lowest BCUT2D eigenvalue weighted by molar-refractivity contribution is 0.0400. The van der Waals surface area contributed by atoms with Gasteiger partial charge in [-0.1, -0.05) is 58.3 Å². The minimum Gasteiger partial charge on any atom is -0.393 e. The molecule has 2 atom stereocenters. The van der Waals surface area contributed by atoms with E-state index >= 15 is 0 Å². The molecule has 0 heterocycles. The Labute approximate surface area is 119 Å². The molecule has 2 unspecified atom stereocenters. The molecular formula is C17H34O2. The molecule has 0 bridgehead atoms. The van der Waals surface area contributed by atoms with Crippen LogP contribution in [-0.4, -0.2) is 24.4 Å². The summed E-state index contributed by atoms with van der Waals surface area (Å²) in [7, 11) is 0. The van der Waals surface area contributed by atoms with Gasteiger partial charge in [0.2, 0.25) is 0 Å². The first-order chi connectivity index (χ1) is 9.33. The van der Waals surface area contributed by atoms with Crippen molar-refractivity contribution in [2.75, 3.05) is 13.2 Å². The van der Waals surface area contributed by atoms with E-state index in [1.165, 1.54) is 64.2 Å². The molecule has 0 aromatic rings. The number of rotatable bonds is 11. The summed E-state index contributed by atoms with van der Waals surface area (Å²) >= 11 is 0. The highest BCUT2D eigenvalue weighted by molar-refractivity contribution is 4.71. The van der Waals surface area contributed by atoms with Crippen LogP contribution in [0.1, 0.15) is 84.0 Å². The van der Waals surface area contributed by atoms with Gasteiger partial charge in [-0.05, 0) is 31.6 Å². The summed E-state index contributed by atoms with van der Waals surface area (Å²) in [4.78, 5) is 0. The van der Waals surface area contributed by atoms with Crippen LogP contribution in [0.2, 0.25) is 0 Å². The highest BCUT2D eigenvalue weighted by Crippen LogP contribution is 2.24. The number of ether oxygens (including phenoxy) is 1. The molecule has 0 radical (unpaired) electrons. The fourth-order valence-corrected chi connectivity index (χ4v) is 3.00. The van der Waals surface area contributed by atoms with Crippen LogP contribution in [0.25, 0.3) is 0 Å². The summed E-state index contributed by atoms with van der Waals surface area (Å²) in [6.45, 7) is 4.05. The van der Waals surface area contributed by atoms with E-state index < -0.39 is 0 Å². The summed E-state index contributed by atoms with van der Waals surface area (Å²) in [5, 5.41) is 9.59. The number of unbranched alkanes of at least 4 members (excludes halogenated alkanes) is 7. The van der Waals surface area contributed by atoms with Gasteiger partial charge in [0.15, 0.2) is 0 Å². The first-order valence-electron chi connectivity index (χ1n) is 8.58. The molecule has 114 valence electrons. The first kappa shape index (κ1) is 17.0. The van der Waals surface area contributed by atoms with Crippen molar-refractivity contribution in [3.8, 4) is 0 Å². The molecule has 0 spiro atoms. The normalized spacial score (nSPS) is 23.7. The lowest BCUT2D eigenvalue weighted by Gasteiger charge is -2.25. The van der Waals surface area contributed by atoms with Gasteiger partial charge >= 0.3 is 0 Å². The number of hydrogen-bond acceptors (Lipinski definition) is 2. The second kappa shape index (κ2) is 11.7. The highest BCUT2D eigenvalue weighted by Gasteiger charge is 2.19. The molecule has 19 heavy (non-hydrogen) atoms. The Balaban J connectivity index is 1.78. The Bertz CT molecular complexity index is 194. The van der Waals surface area contributed by atoms with Gasteiger partial charge in [-0.15, -0.1) is 0 Å². The molecule has 0 saturated heterocycles. The summed E-state index contributed by atoms with van der Waals surface area (Å²) in [6.07, 6.45) is 15.2. The molecule has 0 amide bonds. The molecule has 0 aliphatic heterocycles. The van der Waals surface area contributed by atoms with Crippen molar-refractivity contribution in [2.24, 2.45) is 5.92 Å². The van der Waals surface area contributed by atoms with Crippen LogP contribution in [0.4, 0.5) is 0 Å². The van der Waals surface area contributed by atoms with Crippen molar-refractivity contribution in [2.45, 2.75) is 90.1 Å². The van der Waals surface area contributed by atoms with E-state index in [0.717, 1.165) is 26.1 Å². The van der Waals surface area contributed by atoms with Crippen molar-refractivity contribution in [1.82, 2.24) is 0 Å². The average Bonchev–Trinajstić information content (AvgIpc) is 2.41. The van der Waals surface area contributed by atoms with Crippen LogP contribution < -0.4 is 0 Å². The fraction of sp³-hybridized carbons (Fsp3) is 1.00. The Morgan fingerprint density at radius 2 is 1.63 bits per heavy atom. The van der Waals surface area contributed by atoms with Gasteiger partial charge in [0, 0.05) is 13.2 Å². The van der Waals surface area contributed by atoms with Crippen LogP contribution >= 0.6 is 0 Å². The molecule has 1 N–H and O–H groups in total. The first-order valence-corrected chi connectivity index (χ1v) is 8.58. The monoisotopic (exact) mass is 270 g/mol. The fourth-order valence-electron chi connectivity index (χ4n) is 3.00. The van der Waals surface area contributed by atoms with E-state index in [0.29, 0.717) is 5.92 Å². The molecule has 2 nitrogen and oxygen atoms in total. The van der Waals surface area contributed by atoms with E-state index in [-0.39, 0.29) is 6.10 Å². The van der Waals surface area contributed by atoms with Gasteiger partial charge in [0.05, 0.1) is 6.10 Å². The second-order valence-electron chi connectivity index (χ2n) is 6.24. The van der Waals surface area contributed by atoms with Crippen LogP contribution in [0.15, 0.2) is 0 Å². The maximum Gasteiger partial charge on any atom is 0.0543 e. The van der Waals surface area contributed by atoms with E-state index in [2.05, 4.69) is 6.92 Å². The number of aliphatic hydroxyl groups excluding tert-OH is 1. The Morgan fingerprint density at radius 1 is 0.947 bits per heavy atom. The zero-order valence-electron chi connectivity index (χ0n) is 12.9. The van der Waals surface area contributed by atoms with E-state index in [1.807, 2.05) is 0 Å². The predicted molar refractivity (Wildman–Crippen MR) is 81.4 cm³/mol. The maximum atomic E-state index is 9.59. The smallest absolute Gasteiger partial charge is 0.0543 e. The standard InChI is InChI=1S/C17H34O2/c1-2-3-4-5-6-7-8-9-13-19-15-16-11-10-12-17(18)14-16/h16-18H,2-15H2,1H3. The summed E-state index contributed by atoms with van der Waals surface area (Å²) in [5.41, 5.74) is 0. The lowest BCUT2D eigenvalue weighted by Crippen LogP contribution is -2.23. The SMILES string of the molecule is CCCCCCCCCCOCC1CCCC(O)C1. The lowest BCUT2D eigenvalue weighted by atomic mass is 9.88. The van der Waals surface area contributed by atoms with Gasteiger partial charge in [0.25, 0.3) is 0 Å². The molecule has 0 aromatic carbocycles. The van der Waals surface area contributed by atoms with E-state index in [4.69, 9.17) is 4.74 Å². The van der Waals surface area contributed by atoms with Crippen LogP contribution in [0.3, 0.4) is 0 Å². The van der Waals surface area contributed by atoms with Crippen LogP contribution in [-0.2, 0) is 4.74 Å². The van der Waals surface area contributed by atoms with Crippen molar-refractivity contribution < 1.29 is 9.84 Å². The molecule has 2 heteroatoms. The zero-order valence-corrected chi connectivity index (χ0v) is 12.9. The third-order valence-corrected chi connectivity index (χ3v) is 4.25. The predicted octanol–water partition coefficient (Wildman–Crippen LogP) is 4.69. The van der Waals surface area contributed by atoms with Crippen LogP contribution in [0, 0.1) is 5.92 Å². The van der Waals surface area contributed by atoms with Gasteiger partial charge in [-0.3, -0.25) is 0 Å². The Kier molecular flexibility index (Phi) is 10.5. The van der Waals surface area contributed by atoms with Crippen molar-refractivity contribution in [3.63, 3.8) is 0 Å². The van der Waals surface area contributed by atoms with Gasteiger partial charge in [-0.25, -0.2) is 0 Å². The summed E-state index contributed by atoms with van der Waals surface area (Å²) in [5.74, 6) is 0.609. The van der Waals surface area contributed by atoms with Crippen molar-refractivity contribution in [1.29, 1.82) is 0 Å². The third kappa shape index (κ3) is 9.45. The molecule has 1 saturated carbocycles. The minimum atomic E-state index is -0.0644. The van der Waals surface area contributed by atoms with Gasteiger partial charge < -0.3 is 9.84 Å². The third-order valence-electron chi connectivity index (χ3n) is 4.25. The number of hydrogen-bond donors (Lipinski definition) is 1. The van der Waals surface area contributed by atoms with Crippen LogP contribution in [0.5, 0.6) is 0 Å². The van der Waals surface area contributed by atoms with Crippen molar-refractivity contribution in [3.05, 3.63) is 0 Å². The Hall–Kier alpha value is -0.0800. The maximum absolute atomic E-state index is 9.59. The van der Waals surface area contributed by atoms with E-state index in [9.17, 15) is 5.11 Å². The molecular weight excluding hydrogens is 236 g/mol. The van der Waals surface area contributed by atoms with E-state index in [1.54, 1.807) is 0 Å². The highest BCUT2D eigenvalue weighted by atomic mass is 16.5. The summed E-state index contributed by atoms with van der Waals surface area (Å²) in [6, 6.07) is 0. The van der Waals surface area contributed by atoms with Crippen molar-refractivity contribution >= 4 is 0 Å². The second-order valence-corrected chi connectivity index (χ2v) is 6.24. The number of aliphatic hydroxyl groups is 1.